The van der Waals surface area contributed by atoms with Gasteiger partial charge in [-0.2, -0.15) is 0 Å². The third kappa shape index (κ3) is 2.58. The molecule has 1 aromatic rings. The Morgan fingerprint density at radius 2 is 2.21 bits per heavy atom. The van der Waals surface area contributed by atoms with Gasteiger partial charge < -0.3 is 10.1 Å². The molecule has 2 aliphatic rings. The maximum absolute atomic E-state index is 11.7. The van der Waals surface area contributed by atoms with Crippen LogP contribution in [0.2, 0.25) is 0 Å². The second-order valence-corrected chi connectivity index (χ2v) is 5.55. The summed E-state index contributed by atoms with van der Waals surface area (Å²) in [6.07, 6.45) is 1.62. The number of halogens is 1. The number of cyclic esters (lactones) is 1. The Balaban J connectivity index is 1.77. The van der Waals surface area contributed by atoms with E-state index in [2.05, 4.69) is 21.2 Å². The number of rotatable bonds is 3. The zero-order valence-electron chi connectivity index (χ0n) is 10.2. The fourth-order valence-electron chi connectivity index (χ4n) is 2.01. The number of benzene rings is 1. The van der Waals surface area contributed by atoms with Crippen molar-refractivity contribution in [2.24, 2.45) is 5.92 Å². The van der Waals surface area contributed by atoms with Crippen LogP contribution < -0.4 is 10.2 Å². The minimum Gasteiger partial charge on any atom is -0.447 e. The van der Waals surface area contributed by atoms with E-state index in [4.69, 9.17) is 4.74 Å². The molecule has 1 saturated carbocycles. The molecule has 5 nitrogen and oxygen atoms in total. The third-order valence-corrected chi connectivity index (χ3v) is 3.85. The Bertz CT molecular complexity index is 543. The predicted molar refractivity (Wildman–Crippen MR) is 74.2 cm³/mol. The molecule has 1 aromatic carbocycles. The first kappa shape index (κ1) is 12.5. The molecule has 0 radical (unpaired) electrons. The number of hydrogen-bond acceptors (Lipinski definition) is 3. The molecule has 6 heteroatoms. The second-order valence-electron chi connectivity index (χ2n) is 4.70. The van der Waals surface area contributed by atoms with E-state index in [1.165, 1.54) is 0 Å². The van der Waals surface area contributed by atoms with Gasteiger partial charge in [0.2, 0.25) is 5.91 Å². The van der Waals surface area contributed by atoms with Crippen molar-refractivity contribution in [2.45, 2.75) is 12.8 Å². The molecule has 3 rings (SSSR count). The van der Waals surface area contributed by atoms with Crippen molar-refractivity contribution in [2.75, 3.05) is 23.4 Å². The van der Waals surface area contributed by atoms with Gasteiger partial charge in [-0.25, -0.2) is 4.79 Å². The molecule has 0 atom stereocenters. The molecule has 1 saturated heterocycles. The monoisotopic (exact) mass is 324 g/mol. The van der Waals surface area contributed by atoms with Crippen molar-refractivity contribution < 1.29 is 14.3 Å². The number of nitrogens with zero attached hydrogens (tertiary/aromatic N) is 1. The minimum atomic E-state index is -0.338. The van der Waals surface area contributed by atoms with Crippen molar-refractivity contribution in [3.05, 3.63) is 22.7 Å². The number of carbonyl (C=O) groups is 2. The highest BCUT2D eigenvalue weighted by Crippen LogP contribution is 2.33. The summed E-state index contributed by atoms with van der Waals surface area (Å²) in [7, 11) is 0. The van der Waals surface area contributed by atoms with Gasteiger partial charge in [0.1, 0.15) is 6.61 Å². The standard InChI is InChI=1S/C13H13BrN2O3/c14-10-7-9(15-12(17)8-1-2-8)3-4-11(10)16-5-6-19-13(16)18/h3-4,7-8H,1-2,5-6H2,(H,15,17). The van der Waals surface area contributed by atoms with Gasteiger partial charge >= 0.3 is 6.09 Å². The molecule has 0 spiro atoms. The van der Waals surface area contributed by atoms with E-state index in [-0.39, 0.29) is 17.9 Å². The van der Waals surface area contributed by atoms with Crippen molar-refractivity contribution in [3.8, 4) is 0 Å². The van der Waals surface area contributed by atoms with Crippen molar-refractivity contribution in [1.82, 2.24) is 0 Å². The molecule has 100 valence electrons. The summed E-state index contributed by atoms with van der Waals surface area (Å²) in [4.78, 5) is 24.7. The van der Waals surface area contributed by atoms with Crippen LogP contribution in [0.15, 0.2) is 22.7 Å². The summed E-state index contributed by atoms with van der Waals surface area (Å²) < 4.78 is 5.67. The Morgan fingerprint density at radius 1 is 1.42 bits per heavy atom. The highest BCUT2D eigenvalue weighted by atomic mass is 79.9. The summed E-state index contributed by atoms with van der Waals surface area (Å²) in [5.41, 5.74) is 1.49. The van der Waals surface area contributed by atoms with Crippen LogP contribution in [0, 0.1) is 5.92 Å². The highest BCUT2D eigenvalue weighted by Gasteiger charge is 2.30. The van der Waals surface area contributed by atoms with E-state index in [1.54, 1.807) is 23.1 Å². The minimum absolute atomic E-state index is 0.0697. The molecule has 2 fully saturated rings. The summed E-state index contributed by atoms with van der Waals surface area (Å²) in [5, 5.41) is 2.87. The zero-order chi connectivity index (χ0) is 13.4. The molecule has 1 aliphatic heterocycles. The molecule has 1 heterocycles. The van der Waals surface area contributed by atoms with Gasteiger partial charge in [-0.15, -0.1) is 0 Å². The van der Waals surface area contributed by atoms with E-state index in [0.717, 1.165) is 28.7 Å². The number of hydrogen-bond donors (Lipinski definition) is 1. The van der Waals surface area contributed by atoms with Gasteiger partial charge in [0.05, 0.1) is 12.2 Å². The normalized spacial score (nSPS) is 18.4. The van der Waals surface area contributed by atoms with Gasteiger partial charge in [-0.3, -0.25) is 9.69 Å². The lowest BCUT2D eigenvalue weighted by Gasteiger charge is -2.15. The Morgan fingerprint density at radius 3 is 2.79 bits per heavy atom. The lowest BCUT2D eigenvalue weighted by molar-refractivity contribution is -0.117. The molecule has 0 aromatic heterocycles. The van der Waals surface area contributed by atoms with Gasteiger partial charge in [0, 0.05) is 16.1 Å². The molecule has 1 N–H and O–H groups in total. The second kappa shape index (κ2) is 4.85. The average Bonchev–Trinajstić information content (AvgIpc) is 3.14. The van der Waals surface area contributed by atoms with E-state index in [1.807, 2.05) is 0 Å². The SMILES string of the molecule is O=C(Nc1ccc(N2CCOC2=O)c(Br)c1)C1CC1. The molecule has 0 bridgehead atoms. The van der Waals surface area contributed by atoms with Gasteiger partial charge in [-0.1, -0.05) is 0 Å². The summed E-state index contributed by atoms with van der Waals surface area (Å²) in [6.45, 7) is 0.955. The lowest BCUT2D eigenvalue weighted by atomic mass is 10.2. The van der Waals surface area contributed by atoms with E-state index in [9.17, 15) is 9.59 Å². The lowest BCUT2D eigenvalue weighted by Crippen LogP contribution is -2.23. The van der Waals surface area contributed by atoms with E-state index in [0.29, 0.717) is 13.2 Å². The summed E-state index contributed by atoms with van der Waals surface area (Å²) in [5.74, 6) is 0.243. The Hall–Kier alpha value is -1.56. The number of anilines is 2. The van der Waals surface area contributed by atoms with Crippen LogP contribution in [0.25, 0.3) is 0 Å². The Labute approximate surface area is 119 Å². The first-order chi connectivity index (χ1) is 9.15. The van der Waals surface area contributed by atoms with E-state index < -0.39 is 0 Å². The number of amides is 2. The van der Waals surface area contributed by atoms with Gasteiger partial charge in [-0.05, 0) is 47.0 Å². The number of ether oxygens (including phenoxy) is 1. The maximum Gasteiger partial charge on any atom is 0.414 e. The highest BCUT2D eigenvalue weighted by molar-refractivity contribution is 9.10. The quantitative estimate of drug-likeness (QED) is 0.930. The molecule has 19 heavy (non-hydrogen) atoms. The van der Waals surface area contributed by atoms with Crippen LogP contribution in [0.5, 0.6) is 0 Å². The van der Waals surface area contributed by atoms with Crippen molar-refractivity contribution >= 4 is 39.3 Å². The molecular formula is C13H13BrN2O3. The molecule has 0 unspecified atom stereocenters. The largest absolute Gasteiger partial charge is 0.447 e. The fourth-order valence-corrected chi connectivity index (χ4v) is 2.60. The smallest absolute Gasteiger partial charge is 0.414 e. The van der Waals surface area contributed by atoms with Crippen LogP contribution >= 0.6 is 15.9 Å². The average molecular weight is 325 g/mol. The van der Waals surface area contributed by atoms with Crippen molar-refractivity contribution in [3.63, 3.8) is 0 Å². The zero-order valence-corrected chi connectivity index (χ0v) is 11.8. The van der Waals surface area contributed by atoms with Crippen molar-refractivity contribution in [1.29, 1.82) is 0 Å². The first-order valence-corrected chi connectivity index (χ1v) is 6.99. The number of nitrogens with one attached hydrogen (secondary N) is 1. The molecule has 1 aliphatic carbocycles. The van der Waals surface area contributed by atoms with Crippen LogP contribution in [-0.4, -0.2) is 25.2 Å². The molecule has 2 amide bonds. The van der Waals surface area contributed by atoms with Gasteiger partial charge in [0.25, 0.3) is 0 Å². The van der Waals surface area contributed by atoms with Crippen LogP contribution in [-0.2, 0) is 9.53 Å². The van der Waals surface area contributed by atoms with E-state index >= 15 is 0 Å². The van der Waals surface area contributed by atoms with Crippen LogP contribution in [0.3, 0.4) is 0 Å². The summed E-state index contributed by atoms with van der Waals surface area (Å²) in [6, 6.07) is 5.41. The Kier molecular flexibility index (Phi) is 3.18. The predicted octanol–water partition coefficient (Wildman–Crippen LogP) is 2.75. The first-order valence-electron chi connectivity index (χ1n) is 6.20. The third-order valence-electron chi connectivity index (χ3n) is 3.21. The number of carbonyl (C=O) groups excluding carboxylic acids is 2. The van der Waals surface area contributed by atoms with Crippen LogP contribution in [0.4, 0.5) is 16.2 Å². The van der Waals surface area contributed by atoms with Crippen LogP contribution in [0.1, 0.15) is 12.8 Å². The van der Waals surface area contributed by atoms with Gasteiger partial charge in [0.15, 0.2) is 0 Å². The molecular weight excluding hydrogens is 312 g/mol. The maximum atomic E-state index is 11.7. The topological polar surface area (TPSA) is 58.6 Å². The fraction of sp³-hybridized carbons (Fsp3) is 0.385. The summed E-state index contributed by atoms with van der Waals surface area (Å²) >= 11 is 3.43.